The summed E-state index contributed by atoms with van der Waals surface area (Å²) in [6.45, 7) is 4.68. The van der Waals surface area contributed by atoms with E-state index in [1.165, 1.54) is 65.7 Å². The molecule has 11 aromatic rings. The summed E-state index contributed by atoms with van der Waals surface area (Å²) in [5.74, 6) is 1.90. The molecular formula is C52H33N3O. The van der Waals surface area contributed by atoms with Crippen LogP contribution < -0.4 is 0 Å². The van der Waals surface area contributed by atoms with Gasteiger partial charge in [-0.1, -0.05) is 159 Å². The van der Waals surface area contributed by atoms with E-state index >= 15 is 0 Å². The molecule has 4 nitrogen and oxygen atoms in total. The van der Waals surface area contributed by atoms with Crippen LogP contribution in [0.15, 0.2) is 168 Å². The second kappa shape index (κ2) is 11.4. The monoisotopic (exact) mass is 715 g/mol. The first-order chi connectivity index (χ1) is 27.5. The molecule has 0 saturated heterocycles. The first-order valence-electron chi connectivity index (χ1n) is 19.2. The maximum Gasteiger partial charge on any atom is 0.164 e. The fraction of sp³-hybridized carbons (Fsp3) is 0.0577. The standard InChI is InChI=1S/C52H33N3O/c1-52(2)41-18-9-16-39(47(41)37-28-25-34(29-42(37)52)35-26-23-32-22-21-30-13-8-14-31-24-27-36(35)46(32)45(30)31)50-53-49(33-11-4-3-5-12-33)54-51(55-50)40-17-10-20-44-48(40)38-15-6-7-19-43(38)56-44/h3-29H,1-2H3. The van der Waals surface area contributed by atoms with Gasteiger partial charge in [0.2, 0.25) is 0 Å². The Morgan fingerprint density at radius 2 is 1.04 bits per heavy atom. The smallest absolute Gasteiger partial charge is 0.164 e. The minimum atomic E-state index is -0.250. The van der Waals surface area contributed by atoms with Gasteiger partial charge in [-0.15, -0.1) is 0 Å². The van der Waals surface area contributed by atoms with Crippen molar-refractivity contribution in [3.63, 3.8) is 0 Å². The molecule has 262 valence electrons. The van der Waals surface area contributed by atoms with Gasteiger partial charge in [-0.2, -0.15) is 0 Å². The third kappa shape index (κ3) is 4.38. The van der Waals surface area contributed by atoms with Crippen LogP contribution in [0.3, 0.4) is 0 Å². The summed E-state index contributed by atoms with van der Waals surface area (Å²) in [6, 6.07) is 58.4. The molecule has 0 saturated carbocycles. The zero-order chi connectivity index (χ0) is 37.1. The minimum absolute atomic E-state index is 0.250. The molecule has 0 bridgehead atoms. The third-order valence-corrected chi connectivity index (χ3v) is 12.1. The van der Waals surface area contributed by atoms with E-state index in [-0.39, 0.29) is 5.41 Å². The van der Waals surface area contributed by atoms with Crippen LogP contribution in [0, 0.1) is 0 Å². The number of hydrogen-bond acceptors (Lipinski definition) is 4. The van der Waals surface area contributed by atoms with Crippen molar-refractivity contribution in [1.29, 1.82) is 0 Å². The Hall–Kier alpha value is -7.17. The summed E-state index contributed by atoms with van der Waals surface area (Å²) in [5, 5.41) is 9.84. The highest BCUT2D eigenvalue weighted by atomic mass is 16.3. The summed E-state index contributed by atoms with van der Waals surface area (Å²) >= 11 is 0. The van der Waals surface area contributed by atoms with Crippen LogP contribution in [0.1, 0.15) is 25.0 Å². The summed E-state index contributed by atoms with van der Waals surface area (Å²) in [7, 11) is 0. The lowest BCUT2D eigenvalue weighted by atomic mass is 9.81. The Kier molecular flexibility index (Phi) is 6.37. The van der Waals surface area contributed by atoms with E-state index in [9.17, 15) is 0 Å². The van der Waals surface area contributed by atoms with Crippen molar-refractivity contribution in [3.05, 3.63) is 175 Å². The topological polar surface area (TPSA) is 51.8 Å². The molecule has 0 unspecified atom stereocenters. The summed E-state index contributed by atoms with van der Waals surface area (Å²) in [6.07, 6.45) is 0. The summed E-state index contributed by atoms with van der Waals surface area (Å²) < 4.78 is 6.29. The van der Waals surface area contributed by atoms with Crippen LogP contribution in [-0.2, 0) is 5.41 Å². The lowest BCUT2D eigenvalue weighted by Crippen LogP contribution is -2.15. The van der Waals surface area contributed by atoms with Crippen LogP contribution in [0.5, 0.6) is 0 Å². The molecule has 0 radical (unpaired) electrons. The first-order valence-corrected chi connectivity index (χ1v) is 19.2. The number of hydrogen-bond donors (Lipinski definition) is 0. The zero-order valence-electron chi connectivity index (χ0n) is 30.8. The van der Waals surface area contributed by atoms with Gasteiger partial charge in [-0.05, 0) is 83.9 Å². The van der Waals surface area contributed by atoms with Crippen LogP contribution in [0.25, 0.3) is 111 Å². The van der Waals surface area contributed by atoms with Gasteiger partial charge in [-0.3, -0.25) is 0 Å². The Bertz CT molecular complexity index is 3380. The number of benzene rings is 9. The van der Waals surface area contributed by atoms with E-state index in [2.05, 4.69) is 129 Å². The number of fused-ring (bicyclic) bond motifs is 6. The van der Waals surface area contributed by atoms with Crippen molar-refractivity contribution < 1.29 is 4.42 Å². The molecule has 9 aromatic carbocycles. The quantitative estimate of drug-likeness (QED) is 0.170. The van der Waals surface area contributed by atoms with Crippen LogP contribution in [0.4, 0.5) is 0 Å². The Morgan fingerprint density at radius 3 is 1.89 bits per heavy atom. The van der Waals surface area contributed by atoms with E-state index in [0.29, 0.717) is 17.5 Å². The number of aromatic nitrogens is 3. The first kappa shape index (κ1) is 31.2. The Labute approximate surface area is 323 Å². The second-order valence-corrected chi connectivity index (χ2v) is 15.5. The average molecular weight is 716 g/mol. The molecular weight excluding hydrogens is 683 g/mol. The number of rotatable bonds is 4. The van der Waals surface area contributed by atoms with Gasteiger partial charge in [-0.25, -0.2) is 15.0 Å². The molecule has 12 rings (SSSR count). The van der Waals surface area contributed by atoms with Gasteiger partial charge in [0.15, 0.2) is 17.5 Å². The Morgan fingerprint density at radius 1 is 0.393 bits per heavy atom. The van der Waals surface area contributed by atoms with Crippen molar-refractivity contribution in [2.75, 3.05) is 0 Å². The maximum absolute atomic E-state index is 6.29. The lowest BCUT2D eigenvalue weighted by molar-refractivity contribution is 0.660. The number of para-hydroxylation sites is 1. The third-order valence-electron chi connectivity index (χ3n) is 12.1. The van der Waals surface area contributed by atoms with Crippen molar-refractivity contribution >= 4 is 54.3 Å². The van der Waals surface area contributed by atoms with Crippen molar-refractivity contribution in [3.8, 4) is 56.4 Å². The normalized spacial score (nSPS) is 13.3. The molecule has 4 heteroatoms. The van der Waals surface area contributed by atoms with Crippen LogP contribution >= 0.6 is 0 Å². The van der Waals surface area contributed by atoms with E-state index in [1.54, 1.807) is 0 Å². The molecule has 0 fully saturated rings. The van der Waals surface area contributed by atoms with Crippen molar-refractivity contribution in [1.82, 2.24) is 15.0 Å². The highest BCUT2D eigenvalue weighted by Gasteiger charge is 2.38. The fourth-order valence-corrected chi connectivity index (χ4v) is 9.42. The predicted octanol–water partition coefficient (Wildman–Crippen LogP) is 13.6. The van der Waals surface area contributed by atoms with E-state index in [1.807, 2.05) is 48.5 Å². The molecule has 0 aliphatic heterocycles. The zero-order valence-corrected chi connectivity index (χ0v) is 30.8. The lowest BCUT2D eigenvalue weighted by Gasteiger charge is -2.22. The van der Waals surface area contributed by atoms with Gasteiger partial charge < -0.3 is 4.42 Å². The minimum Gasteiger partial charge on any atom is -0.456 e. The number of nitrogens with zero attached hydrogens (tertiary/aromatic N) is 3. The SMILES string of the molecule is CC1(C)c2cc(-c3ccc4ccc5cccc6ccc3c4c56)ccc2-c2c(-c3nc(-c4ccccc4)nc(-c4cccc5oc6ccccc6c45)n3)cccc21. The maximum atomic E-state index is 6.29. The second-order valence-electron chi connectivity index (χ2n) is 15.5. The molecule has 2 aromatic heterocycles. The summed E-state index contributed by atoms with van der Waals surface area (Å²) in [5.41, 5.74) is 11.7. The molecule has 0 atom stereocenters. The van der Waals surface area contributed by atoms with Gasteiger partial charge in [0.1, 0.15) is 11.2 Å². The van der Waals surface area contributed by atoms with E-state index < -0.39 is 0 Å². The molecule has 0 spiro atoms. The van der Waals surface area contributed by atoms with Crippen molar-refractivity contribution in [2.45, 2.75) is 19.3 Å². The summed E-state index contributed by atoms with van der Waals surface area (Å²) in [4.78, 5) is 15.7. The molecule has 1 aliphatic rings. The van der Waals surface area contributed by atoms with Crippen LogP contribution in [-0.4, -0.2) is 15.0 Å². The van der Waals surface area contributed by atoms with Gasteiger partial charge in [0.25, 0.3) is 0 Å². The van der Waals surface area contributed by atoms with E-state index in [0.717, 1.165) is 38.6 Å². The largest absolute Gasteiger partial charge is 0.456 e. The molecule has 0 N–H and O–H groups in total. The fourth-order valence-electron chi connectivity index (χ4n) is 9.42. The molecule has 56 heavy (non-hydrogen) atoms. The highest BCUT2D eigenvalue weighted by Crippen LogP contribution is 2.53. The molecule has 0 amide bonds. The van der Waals surface area contributed by atoms with Crippen molar-refractivity contribution in [2.24, 2.45) is 0 Å². The molecule has 2 heterocycles. The average Bonchev–Trinajstić information content (AvgIpc) is 3.74. The van der Waals surface area contributed by atoms with E-state index in [4.69, 9.17) is 19.4 Å². The molecule has 1 aliphatic carbocycles. The van der Waals surface area contributed by atoms with Gasteiger partial charge in [0, 0.05) is 32.9 Å². The Balaban J connectivity index is 1.06. The highest BCUT2D eigenvalue weighted by molar-refractivity contribution is 6.25. The van der Waals surface area contributed by atoms with Gasteiger partial charge in [0.05, 0.1) is 0 Å². The van der Waals surface area contributed by atoms with Crippen LogP contribution in [0.2, 0.25) is 0 Å². The van der Waals surface area contributed by atoms with Gasteiger partial charge >= 0.3 is 0 Å². The predicted molar refractivity (Wildman–Crippen MR) is 230 cm³/mol. The number of furan rings is 1.